The summed E-state index contributed by atoms with van der Waals surface area (Å²) < 4.78 is 0.485. The number of hydrogen-bond acceptors (Lipinski definition) is 3. The molecule has 2 N–H and O–H groups in total. The molecule has 0 bridgehead atoms. The maximum atomic E-state index is 5.71. The molecule has 0 radical (unpaired) electrons. The lowest BCUT2D eigenvalue weighted by Crippen LogP contribution is -2.28. The maximum Gasteiger partial charge on any atom is 0.0116 e. The molecule has 114 valence electrons. The zero-order valence-corrected chi connectivity index (χ0v) is 14.1. The van der Waals surface area contributed by atoms with Crippen molar-refractivity contribution in [1.82, 2.24) is 4.90 Å². The summed E-state index contributed by atoms with van der Waals surface area (Å²) in [4.78, 5) is 2.67. The highest BCUT2D eigenvalue weighted by molar-refractivity contribution is 8.00. The van der Waals surface area contributed by atoms with E-state index in [9.17, 15) is 0 Å². The van der Waals surface area contributed by atoms with Crippen molar-refractivity contribution in [3.8, 4) is 0 Å². The fraction of sp³-hybridized carbons (Fsp3) is 1.00. The number of nitrogens with zero attached hydrogens (tertiary/aromatic N) is 1. The van der Waals surface area contributed by atoms with Crippen molar-refractivity contribution >= 4 is 11.8 Å². The highest BCUT2D eigenvalue weighted by Crippen LogP contribution is 2.30. The Kier molecular flexibility index (Phi) is 8.43. The summed E-state index contributed by atoms with van der Waals surface area (Å²) in [6.45, 7) is 11.8. The van der Waals surface area contributed by atoms with Gasteiger partial charge in [-0.05, 0) is 51.2 Å². The highest BCUT2D eigenvalue weighted by Gasteiger charge is 2.23. The molecule has 2 nitrogen and oxygen atoms in total. The Hall–Kier alpha value is 0.270. The Bertz CT molecular complexity index is 225. The van der Waals surface area contributed by atoms with Gasteiger partial charge >= 0.3 is 0 Å². The number of rotatable bonds is 8. The molecule has 1 atom stereocenters. The molecule has 0 aromatic carbocycles. The van der Waals surface area contributed by atoms with Gasteiger partial charge in [-0.25, -0.2) is 0 Å². The third kappa shape index (κ3) is 7.57. The lowest BCUT2D eigenvalue weighted by molar-refractivity contribution is 0.266. The zero-order chi connectivity index (χ0) is 14.1. The second-order valence-corrected chi connectivity index (χ2v) is 8.38. The molecule has 1 saturated heterocycles. The minimum atomic E-state index is 0.485. The molecule has 1 fully saturated rings. The van der Waals surface area contributed by atoms with Crippen LogP contribution in [0, 0.1) is 5.92 Å². The summed E-state index contributed by atoms with van der Waals surface area (Å²) in [5.74, 6) is 2.17. The van der Waals surface area contributed by atoms with Gasteiger partial charge in [0.2, 0.25) is 0 Å². The van der Waals surface area contributed by atoms with Gasteiger partial charge in [0.25, 0.3) is 0 Å². The standard InChI is InChI=1S/C16H34N2S/c1-4-6-15(8-10-17)7-5-11-18-12-9-16(2,3)19-14-13-18/h15H,4-14,17H2,1-3H3. The van der Waals surface area contributed by atoms with Crippen molar-refractivity contribution in [2.45, 2.75) is 64.0 Å². The van der Waals surface area contributed by atoms with Gasteiger partial charge in [0.05, 0.1) is 0 Å². The van der Waals surface area contributed by atoms with E-state index in [1.54, 1.807) is 0 Å². The van der Waals surface area contributed by atoms with E-state index in [4.69, 9.17) is 5.73 Å². The van der Waals surface area contributed by atoms with Crippen LogP contribution in [0.3, 0.4) is 0 Å². The van der Waals surface area contributed by atoms with Crippen LogP contribution < -0.4 is 5.73 Å². The predicted molar refractivity (Wildman–Crippen MR) is 88.9 cm³/mol. The van der Waals surface area contributed by atoms with Crippen molar-refractivity contribution in [3.63, 3.8) is 0 Å². The quantitative estimate of drug-likeness (QED) is 0.737. The summed E-state index contributed by atoms with van der Waals surface area (Å²) in [5, 5.41) is 0. The van der Waals surface area contributed by atoms with Crippen LogP contribution in [0.25, 0.3) is 0 Å². The Labute approximate surface area is 124 Å². The van der Waals surface area contributed by atoms with Crippen molar-refractivity contribution < 1.29 is 0 Å². The molecule has 1 aliphatic rings. The summed E-state index contributed by atoms with van der Waals surface area (Å²) in [7, 11) is 0. The fourth-order valence-electron chi connectivity index (χ4n) is 2.97. The first-order valence-electron chi connectivity index (χ1n) is 8.14. The van der Waals surface area contributed by atoms with Crippen molar-refractivity contribution in [1.29, 1.82) is 0 Å². The van der Waals surface area contributed by atoms with E-state index in [1.807, 2.05) is 0 Å². The van der Waals surface area contributed by atoms with E-state index in [-0.39, 0.29) is 0 Å². The van der Waals surface area contributed by atoms with E-state index >= 15 is 0 Å². The van der Waals surface area contributed by atoms with E-state index in [0.29, 0.717) is 4.75 Å². The average Bonchev–Trinajstić information content (AvgIpc) is 2.51. The topological polar surface area (TPSA) is 29.3 Å². The molecule has 0 aromatic rings. The maximum absolute atomic E-state index is 5.71. The van der Waals surface area contributed by atoms with Crippen molar-refractivity contribution in [3.05, 3.63) is 0 Å². The van der Waals surface area contributed by atoms with Crippen LogP contribution in [0.2, 0.25) is 0 Å². The average molecular weight is 287 g/mol. The Morgan fingerprint density at radius 3 is 2.68 bits per heavy atom. The monoisotopic (exact) mass is 286 g/mol. The Balaban J connectivity index is 2.20. The largest absolute Gasteiger partial charge is 0.330 e. The highest BCUT2D eigenvalue weighted by atomic mass is 32.2. The van der Waals surface area contributed by atoms with E-state index < -0.39 is 0 Å². The van der Waals surface area contributed by atoms with Crippen LogP contribution in [-0.2, 0) is 0 Å². The molecule has 0 aliphatic carbocycles. The fourth-order valence-corrected chi connectivity index (χ4v) is 4.10. The summed E-state index contributed by atoms with van der Waals surface area (Å²) >= 11 is 2.14. The summed E-state index contributed by atoms with van der Waals surface area (Å²) in [6, 6.07) is 0. The third-order valence-corrected chi connectivity index (χ3v) is 5.66. The molecule has 0 amide bonds. The first kappa shape index (κ1) is 17.3. The second kappa shape index (κ2) is 9.25. The number of nitrogens with two attached hydrogens (primary N) is 1. The van der Waals surface area contributed by atoms with E-state index in [1.165, 1.54) is 63.9 Å². The molecule has 0 spiro atoms. The van der Waals surface area contributed by atoms with Gasteiger partial charge in [-0.15, -0.1) is 0 Å². The molecule has 3 heteroatoms. The van der Waals surface area contributed by atoms with Gasteiger partial charge < -0.3 is 10.6 Å². The molecule has 0 saturated carbocycles. The molecular weight excluding hydrogens is 252 g/mol. The van der Waals surface area contributed by atoms with Gasteiger partial charge in [-0.1, -0.05) is 33.6 Å². The zero-order valence-electron chi connectivity index (χ0n) is 13.3. The van der Waals surface area contributed by atoms with Crippen molar-refractivity contribution in [2.75, 3.05) is 31.9 Å². The van der Waals surface area contributed by atoms with Gasteiger partial charge in [0.1, 0.15) is 0 Å². The summed E-state index contributed by atoms with van der Waals surface area (Å²) in [5.41, 5.74) is 5.71. The Morgan fingerprint density at radius 2 is 2.00 bits per heavy atom. The van der Waals surface area contributed by atoms with Crippen LogP contribution in [0.5, 0.6) is 0 Å². The first-order valence-corrected chi connectivity index (χ1v) is 9.12. The second-order valence-electron chi connectivity index (χ2n) is 6.57. The molecule has 1 rings (SSSR count). The van der Waals surface area contributed by atoms with Crippen LogP contribution in [0.15, 0.2) is 0 Å². The van der Waals surface area contributed by atoms with Gasteiger partial charge in [0.15, 0.2) is 0 Å². The van der Waals surface area contributed by atoms with Crippen molar-refractivity contribution in [2.24, 2.45) is 11.7 Å². The van der Waals surface area contributed by atoms with Gasteiger partial charge in [-0.3, -0.25) is 0 Å². The molecule has 1 heterocycles. The van der Waals surface area contributed by atoms with Crippen LogP contribution >= 0.6 is 11.8 Å². The minimum absolute atomic E-state index is 0.485. The summed E-state index contributed by atoms with van der Waals surface area (Å²) in [6.07, 6.45) is 7.95. The predicted octanol–water partition coefficient (Wildman–Crippen LogP) is 3.75. The van der Waals surface area contributed by atoms with E-state index in [2.05, 4.69) is 37.4 Å². The van der Waals surface area contributed by atoms with Crippen LogP contribution in [-0.4, -0.2) is 41.6 Å². The molecular formula is C16H34N2S. The third-order valence-electron chi connectivity index (χ3n) is 4.29. The lowest BCUT2D eigenvalue weighted by Gasteiger charge is -2.23. The van der Waals surface area contributed by atoms with Gasteiger partial charge in [-0.2, -0.15) is 11.8 Å². The molecule has 19 heavy (non-hydrogen) atoms. The molecule has 1 unspecified atom stereocenters. The smallest absolute Gasteiger partial charge is 0.0116 e. The lowest BCUT2D eigenvalue weighted by atomic mass is 9.94. The molecule has 1 aliphatic heterocycles. The molecule has 0 aromatic heterocycles. The van der Waals surface area contributed by atoms with E-state index in [0.717, 1.165) is 12.5 Å². The Morgan fingerprint density at radius 1 is 1.21 bits per heavy atom. The SMILES string of the molecule is CCCC(CCN)CCCN1CCSC(C)(C)CC1. The number of hydrogen-bond donors (Lipinski definition) is 1. The van der Waals surface area contributed by atoms with Crippen LogP contribution in [0.4, 0.5) is 0 Å². The number of thioether (sulfide) groups is 1. The minimum Gasteiger partial charge on any atom is -0.330 e. The normalized spacial score (nSPS) is 22.1. The van der Waals surface area contributed by atoms with Crippen LogP contribution in [0.1, 0.15) is 59.3 Å². The van der Waals surface area contributed by atoms with Gasteiger partial charge in [0, 0.05) is 17.0 Å². The first-order chi connectivity index (χ1) is 9.07.